The second-order valence-corrected chi connectivity index (χ2v) is 12.1. The van der Waals surface area contributed by atoms with Crippen LogP contribution in [0.2, 0.25) is 0 Å². The summed E-state index contributed by atoms with van der Waals surface area (Å²) in [6, 6.07) is 45.7. The van der Waals surface area contributed by atoms with Crippen LogP contribution < -0.4 is 15.9 Å². The monoisotopic (exact) mass is 431 g/mol. The van der Waals surface area contributed by atoms with Crippen LogP contribution in [-0.4, -0.2) is 11.6 Å². The first-order valence-corrected chi connectivity index (χ1v) is 13.5. The molecule has 5 aromatic rings. The Bertz CT molecular complexity index is 1280. The van der Waals surface area contributed by atoms with Gasteiger partial charge in [-0.25, -0.2) is 0 Å². The summed E-state index contributed by atoms with van der Waals surface area (Å²) in [7, 11) is -2.22. The molecule has 0 N–H and O–H groups in total. The second kappa shape index (κ2) is 8.91. The van der Waals surface area contributed by atoms with Crippen LogP contribution in [0.1, 0.15) is 0 Å². The molecule has 32 heavy (non-hydrogen) atoms. The van der Waals surface area contributed by atoms with Gasteiger partial charge < -0.3 is 0 Å². The Morgan fingerprint density at radius 2 is 1.06 bits per heavy atom. The van der Waals surface area contributed by atoms with Crippen molar-refractivity contribution in [2.24, 2.45) is 0 Å². The molecule has 1 nitrogen and oxygen atoms in total. The van der Waals surface area contributed by atoms with Crippen LogP contribution >= 0.6 is 7.26 Å². The average Bonchev–Trinajstić information content (AvgIpc) is 2.90. The van der Waals surface area contributed by atoms with Crippen molar-refractivity contribution in [3.63, 3.8) is 0 Å². The Hall–Kier alpha value is -3.54. The van der Waals surface area contributed by atoms with E-state index in [1.807, 2.05) is 12.3 Å². The van der Waals surface area contributed by atoms with Gasteiger partial charge in [-0.1, -0.05) is 0 Å². The molecule has 4 aromatic carbocycles. The van der Waals surface area contributed by atoms with Crippen LogP contribution in [-0.2, 0) is 0 Å². The number of hydrogen-bond donors (Lipinski definition) is 0. The van der Waals surface area contributed by atoms with Crippen LogP contribution in [0.4, 0.5) is 0 Å². The van der Waals surface area contributed by atoms with Gasteiger partial charge in [0.15, 0.2) is 0 Å². The molecule has 2 heteroatoms. The molecule has 0 atom stereocenters. The fourth-order valence-electron chi connectivity index (χ4n) is 4.56. The fourth-order valence-corrected chi connectivity index (χ4v) is 8.43. The number of benzene rings is 4. The first-order valence-electron chi connectivity index (χ1n) is 11.0. The predicted octanol–water partition coefficient (Wildman–Crippen LogP) is 6.07. The van der Waals surface area contributed by atoms with Crippen molar-refractivity contribution in [3.8, 4) is 22.4 Å². The third-order valence-corrected chi connectivity index (χ3v) is 10.8. The van der Waals surface area contributed by atoms with Gasteiger partial charge in [-0.2, -0.15) is 0 Å². The van der Waals surface area contributed by atoms with Crippen molar-refractivity contribution < 1.29 is 0 Å². The number of nitrogens with zero attached hydrogens (tertiary/aromatic N) is 1. The van der Waals surface area contributed by atoms with Crippen LogP contribution in [0.25, 0.3) is 22.4 Å². The number of rotatable bonds is 5. The standard InChI is InChI=1S/C30H26NP/c1-32(26-15-7-3-8-16-26,27-17-9-4-10-18-27)30-20-12-11-19-28(30)25-21-22-31-29(23-25)24-13-5-2-6-14-24/h2-23,32H,1H3. The van der Waals surface area contributed by atoms with Crippen molar-refractivity contribution in [2.75, 3.05) is 6.66 Å². The van der Waals surface area contributed by atoms with Gasteiger partial charge in [0.05, 0.1) is 0 Å². The Kier molecular flexibility index (Phi) is 5.67. The summed E-state index contributed by atoms with van der Waals surface area (Å²) in [6.45, 7) is 2.47. The number of hydrogen-bond acceptors (Lipinski definition) is 1. The molecule has 0 saturated heterocycles. The van der Waals surface area contributed by atoms with Crippen molar-refractivity contribution in [2.45, 2.75) is 0 Å². The summed E-state index contributed by atoms with van der Waals surface area (Å²) in [5.74, 6) is 0. The van der Waals surface area contributed by atoms with Gasteiger partial charge >= 0.3 is 191 Å². The fraction of sp³-hybridized carbons (Fsp3) is 0.0333. The normalized spacial score (nSPS) is 11.8. The van der Waals surface area contributed by atoms with E-state index in [2.05, 4.69) is 133 Å². The van der Waals surface area contributed by atoms with Crippen LogP contribution in [0, 0.1) is 0 Å². The van der Waals surface area contributed by atoms with Gasteiger partial charge in [0.1, 0.15) is 0 Å². The summed E-state index contributed by atoms with van der Waals surface area (Å²) in [5, 5.41) is 4.24. The zero-order valence-corrected chi connectivity index (χ0v) is 19.1. The molecule has 0 amide bonds. The number of aromatic nitrogens is 1. The molecule has 0 fully saturated rings. The van der Waals surface area contributed by atoms with E-state index in [9.17, 15) is 0 Å². The van der Waals surface area contributed by atoms with Crippen molar-refractivity contribution in [1.82, 2.24) is 4.98 Å². The van der Waals surface area contributed by atoms with Crippen LogP contribution in [0.5, 0.6) is 0 Å². The summed E-state index contributed by atoms with van der Waals surface area (Å²) < 4.78 is 0. The van der Waals surface area contributed by atoms with E-state index >= 15 is 0 Å². The molecular formula is C30H26NP. The SMILES string of the molecule is C[PH](c1ccccc1)(c1ccccc1)c1ccccc1-c1ccnc(-c2ccccc2)c1. The van der Waals surface area contributed by atoms with Crippen LogP contribution in [0.15, 0.2) is 134 Å². The zero-order valence-electron chi connectivity index (χ0n) is 18.1. The Morgan fingerprint density at radius 3 is 1.69 bits per heavy atom. The van der Waals surface area contributed by atoms with Crippen molar-refractivity contribution in [3.05, 3.63) is 134 Å². The Labute approximate surface area is 190 Å². The third kappa shape index (κ3) is 3.77. The molecule has 0 unspecified atom stereocenters. The van der Waals surface area contributed by atoms with E-state index in [4.69, 9.17) is 0 Å². The molecule has 0 aliphatic rings. The summed E-state index contributed by atoms with van der Waals surface area (Å²) in [4.78, 5) is 4.65. The molecule has 1 aromatic heterocycles. The van der Waals surface area contributed by atoms with E-state index < -0.39 is 7.26 Å². The van der Waals surface area contributed by atoms with Gasteiger partial charge in [-0.15, -0.1) is 0 Å². The Morgan fingerprint density at radius 1 is 0.531 bits per heavy atom. The summed E-state index contributed by atoms with van der Waals surface area (Å²) >= 11 is 0. The van der Waals surface area contributed by atoms with Gasteiger partial charge in [0, 0.05) is 0 Å². The Balaban J connectivity index is 1.72. The molecule has 0 aliphatic carbocycles. The van der Waals surface area contributed by atoms with Gasteiger partial charge in [-0.3, -0.25) is 0 Å². The maximum atomic E-state index is 4.65. The third-order valence-electron chi connectivity index (χ3n) is 6.31. The summed E-state index contributed by atoms with van der Waals surface area (Å²) in [5.41, 5.74) is 4.63. The van der Waals surface area contributed by atoms with E-state index in [-0.39, 0.29) is 0 Å². The first kappa shape index (κ1) is 20.4. The second-order valence-electron chi connectivity index (χ2n) is 8.20. The molecular weight excluding hydrogens is 405 g/mol. The van der Waals surface area contributed by atoms with Crippen LogP contribution in [0.3, 0.4) is 0 Å². The molecule has 5 rings (SSSR count). The van der Waals surface area contributed by atoms with Gasteiger partial charge in [0.2, 0.25) is 0 Å². The quantitative estimate of drug-likeness (QED) is 0.308. The molecule has 0 bridgehead atoms. The first-order chi connectivity index (χ1) is 15.8. The molecule has 156 valence electrons. The van der Waals surface area contributed by atoms with Crippen molar-refractivity contribution >= 4 is 23.2 Å². The molecule has 0 aliphatic heterocycles. The molecule has 0 radical (unpaired) electrons. The van der Waals surface area contributed by atoms with Gasteiger partial charge in [0.25, 0.3) is 0 Å². The minimum absolute atomic E-state index is 1.00. The minimum atomic E-state index is -2.22. The zero-order chi connectivity index (χ0) is 21.8. The summed E-state index contributed by atoms with van der Waals surface area (Å²) in [6.07, 6.45) is 1.93. The van der Waals surface area contributed by atoms with E-state index in [0.717, 1.165) is 11.3 Å². The van der Waals surface area contributed by atoms with Crippen molar-refractivity contribution in [1.29, 1.82) is 0 Å². The predicted molar refractivity (Wildman–Crippen MR) is 141 cm³/mol. The van der Waals surface area contributed by atoms with E-state index in [0.29, 0.717) is 0 Å². The molecule has 0 spiro atoms. The van der Waals surface area contributed by atoms with Gasteiger partial charge in [-0.05, 0) is 0 Å². The molecule has 0 saturated carbocycles. The number of pyridine rings is 1. The maximum absolute atomic E-state index is 4.65. The average molecular weight is 432 g/mol. The van der Waals surface area contributed by atoms with E-state index in [1.165, 1.54) is 27.0 Å². The topological polar surface area (TPSA) is 12.9 Å². The van der Waals surface area contributed by atoms with E-state index in [1.54, 1.807) is 0 Å². The molecule has 1 heterocycles.